The largest absolute Gasteiger partial charge is 0.478 e. The molecule has 0 saturated carbocycles. The Hall–Kier alpha value is -5.40. The van der Waals surface area contributed by atoms with E-state index in [0.717, 1.165) is 54.1 Å². The van der Waals surface area contributed by atoms with E-state index in [9.17, 15) is 0 Å². The van der Waals surface area contributed by atoms with Crippen molar-refractivity contribution in [2.24, 2.45) is 5.41 Å². The van der Waals surface area contributed by atoms with E-state index in [1.165, 1.54) is 22.3 Å². The Morgan fingerprint density at radius 3 is 1.77 bits per heavy atom. The Labute approximate surface area is 285 Å². The highest BCUT2D eigenvalue weighted by atomic mass is 16.5. The molecular formula is C44H43N3O. The molecule has 5 aromatic carbocycles. The maximum atomic E-state index is 9.03. The van der Waals surface area contributed by atoms with E-state index in [1.54, 1.807) is 0 Å². The first-order chi connectivity index (χ1) is 23.4. The van der Waals surface area contributed by atoms with Crippen LogP contribution in [0.2, 0.25) is 0 Å². The van der Waals surface area contributed by atoms with Crippen molar-refractivity contribution < 1.29 is 4.74 Å². The maximum Gasteiger partial charge on any atom is 0.174 e. The van der Waals surface area contributed by atoms with Gasteiger partial charge in [0.25, 0.3) is 0 Å². The predicted octanol–water partition coefficient (Wildman–Crippen LogP) is 10.1. The first-order valence-electron chi connectivity index (χ1n) is 16.9. The minimum absolute atomic E-state index is 0.0234. The number of ether oxygens (including phenoxy) is 1. The molecule has 0 unspecified atom stereocenters. The quantitative estimate of drug-likeness (QED) is 0.120. The molecule has 0 amide bonds. The van der Waals surface area contributed by atoms with Crippen molar-refractivity contribution in [3.05, 3.63) is 179 Å². The van der Waals surface area contributed by atoms with Crippen molar-refractivity contribution in [3.8, 4) is 22.9 Å². The van der Waals surface area contributed by atoms with Gasteiger partial charge >= 0.3 is 0 Å². The van der Waals surface area contributed by atoms with Gasteiger partial charge in [0, 0.05) is 18.2 Å². The molecule has 0 aliphatic carbocycles. The summed E-state index contributed by atoms with van der Waals surface area (Å²) in [6.07, 6.45) is 5.92. The summed E-state index contributed by atoms with van der Waals surface area (Å²) < 4.78 is 8.17. The third-order valence-electron chi connectivity index (χ3n) is 9.46. The first-order valence-corrected chi connectivity index (χ1v) is 16.9. The first kappa shape index (κ1) is 32.5. The number of imidazole rings is 1. The molecule has 4 nitrogen and oxygen atoms in total. The number of nitrogens with zero attached hydrogens (tertiary/aromatic N) is 3. The Morgan fingerprint density at radius 1 is 0.688 bits per heavy atom. The Morgan fingerprint density at radius 2 is 1.23 bits per heavy atom. The number of para-hydroxylation sites is 1. The molecule has 240 valence electrons. The average Bonchev–Trinajstić information content (AvgIpc) is 3.53. The summed E-state index contributed by atoms with van der Waals surface area (Å²) in [6, 6.07) is 51.2. The highest BCUT2D eigenvalue weighted by Gasteiger charge is 2.40. The topological polar surface area (TPSA) is 50.8 Å². The van der Waals surface area contributed by atoms with Crippen molar-refractivity contribution in [2.45, 2.75) is 52.0 Å². The maximum absolute atomic E-state index is 9.03. The van der Waals surface area contributed by atoms with Gasteiger partial charge in [-0.2, -0.15) is 5.26 Å². The number of rotatable bonds is 13. The van der Waals surface area contributed by atoms with E-state index < -0.39 is 5.54 Å². The predicted molar refractivity (Wildman–Crippen MR) is 195 cm³/mol. The van der Waals surface area contributed by atoms with Gasteiger partial charge in [0.1, 0.15) is 23.2 Å². The van der Waals surface area contributed by atoms with Crippen LogP contribution in [0.3, 0.4) is 0 Å². The molecule has 0 radical (unpaired) electrons. The van der Waals surface area contributed by atoms with Gasteiger partial charge in [-0.3, -0.25) is 0 Å². The molecule has 4 heteroatoms. The molecule has 1 aromatic heterocycles. The summed E-state index contributed by atoms with van der Waals surface area (Å²) in [6.45, 7) is 6.94. The SMILES string of the molecule is CCC(C)(C)Cc1cn(C(c2ccccc2)(c2ccccc2)c2ccccc2)c(CCc2ccc(-c3ccccc3OCC#N)cc2)n1. The summed E-state index contributed by atoms with van der Waals surface area (Å²) in [5.74, 6) is 1.78. The van der Waals surface area contributed by atoms with Crippen LogP contribution in [0.25, 0.3) is 11.1 Å². The van der Waals surface area contributed by atoms with Gasteiger partial charge in [-0.1, -0.05) is 161 Å². The Kier molecular flexibility index (Phi) is 9.88. The number of aryl methyl sites for hydroxylation is 2. The standard InChI is InChI=1S/C44H43N3O/c1-4-43(2,3)32-39-33-47(44(36-16-8-5-9-17-36,37-18-10-6-11-19-37)38-20-12-7-13-21-38)42(46-39)29-26-34-24-27-35(28-25-34)40-22-14-15-23-41(40)48-31-30-45/h5-25,27-28,33H,4,26,29,31-32H2,1-3H3. The molecule has 0 saturated heterocycles. The molecule has 0 atom stereocenters. The van der Waals surface area contributed by atoms with Crippen LogP contribution in [-0.2, 0) is 24.8 Å². The smallest absolute Gasteiger partial charge is 0.174 e. The lowest BCUT2D eigenvalue weighted by atomic mass is 9.76. The third-order valence-corrected chi connectivity index (χ3v) is 9.46. The summed E-state index contributed by atoms with van der Waals surface area (Å²) in [7, 11) is 0. The third kappa shape index (κ3) is 6.82. The van der Waals surface area contributed by atoms with Crippen LogP contribution in [0.1, 0.15) is 61.0 Å². The molecule has 0 aliphatic heterocycles. The molecule has 1 heterocycles. The highest BCUT2D eigenvalue weighted by molar-refractivity contribution is 5.70. The van der Waals surface area contributed by atoms with Gasteiger partial charge < -0.3 is 9.30 Å². The number of hydrogen-bond donors (Lipinski definition) is 0. The van der Waals surface area contributed by atoms with E-state index >= 15 is 0 Å². The van der Waals surface area contributed by atoms with E-state index in [1.807, 2.05) is 24.3 Å². The lowest BCUT2D eigenvalue weighted by Crippen LogP contribution is -2.38. The van der Waals surface area contributed by atoms with Crippen LogP contribution in [0, 0.1) is 16.7 Å². The number of benzene rings is 5. The second kappa shape index (κ2) is 14.6. The lowest BCUT2D eigenvalue weighted by Gasteiger charge is -2.38. The van der Waals surface area contributed by atoms with E-state index in [2.05, 4.69) is 153 Å². The van der Waals surface area contributed by atoms with Gasteiger partial charge in [-0.25, -0.2) is 4.98 Å². The highest BCUT2D eigenvalue weighted by Crippen LogP contribution is 2.42. The van der Waals surface area contributed by atoms with Crippen LogP contribution >= 0.6 is 0 Å². The second-order valence-electron chi connectivity index (χ2n) is 13.2. The van der Waals surface area contributed by atoms with Gasteiger partial charge in [0.05, 0.1) is 5.69 Å². The van der Waals surface area contributed by atoms with E-state index in [0.29, 0.717) is 0 Å². The zero-order chi connectivity index (χ0) is 33.4. The minimum Gasteiger partial charge on any atom is -0.478 e. The van der Waals surface area contributed by atoms with Crippen molar-refractivity contribution in [1.82, 2.24) is 9.55 Å². The normalized spacial score (nSPS) is 11.6. The molecule has 6 aromatic rings. The van der Waals surface area contributed by atoms with E-state index in [4.69, 9.17) is 15.0 Å². The van der Waals surface area contributed by atoms with Crippen LogP contribution < -0.4 is 4.74 Å². The lowest BCUT2D eigenvalue weighted by molar-refractivity contribution is 0.345. The molecule has 0 spiro atoms. The molecular weight excluding hydrogens is 587 g/mol. The van der Waals surface area contributed by atoms with E-state index in [-0.39, 0.29) is 12.0 Å². The van der Waals surface area contributed by atoms with Crippen LogP contribution in [-0.4, -0.2) is 16.2 Å². The van der Waals surface area contributed by atoms with Gasteiger partial charge in [-0.15, -0.1) is 0 Å². The van der Waals surface area contributed by atoms with Crippen LogP contribution in [0.15, 0.2) is 146 Å². The molecule has 0 fully saturated rings. The molecule has 48 heavy (non-hydrogen) atoms. The van der Waals surface area contributed by atoms with Gasteiger partial charge in [0.2, 0.25) is 0 Å². The molecule has 6 rings (SSSR count). The monoisotopic (exact) mass is 629 g/mol. The number of aromatic nitrogens is 2. The van der Waals surface area contributed by atoms with Gasteiger partial charge in [-0.05, 0) is 52.1 Å². The zero-order valence-electron chi connectivity index (χ0n) is 28.1. The minimum atomic E-state index is -0.613. The summed E-state index contributed by atoms with van der Waals surface area (Å²) in [5, 5.41) is 9.03. The summed E-state index contributed by atoms with van der Waals surface area (Å²) in [4.78, 5) is 5.43. The average molecular weight is 630 g/mol. The fourth-order valence-corrected chi connectivity index (χ4v) is 6.64. The number of hydrogen-bond acceptors (Lipinski definition) is 3. The van der Waals surface area contributed by atoms with Gasteiger partial charge in [0.15, 0.2) is 6.61 Å². The molecule has 0 N–H and O–H groups in total. The fraction of sp³-hybridized carbons (Fsp3) is 0.227. The van der Waals surface area contributed by atoms with Crippen molar-refractivity contribution in [2.75, 3.05) is 6.61 Å². The van der Waals surface area contributed by atoms with Crippen molar-refractivity contribution in [1.29, 1.82) is 5.26 Å². The van der Waals surface area contributed by atoms with Crippen molar-refractivity contribution in [3.63, 3.8) is 0 Å². The van der Waals surface area contributed by atoms with Crippen LogP contribution in [0.4, 0.5) is 0 Å². The summed E-state index contributed by atoms with van der Waals surface area (Å²) in [5.41, 5.74) is 7.52. The Bertz CT molecular complexity index is 1860. The zero-order valence-corrected chi connectivity index (χ0v) is 28.1. The molecule has 0 bridgehead atoms. The second-order valence-corrected chi connectivity index (χ2v) is 13.2. The molecule has 0 aliphatic rings. The van der Waals surface area contributed by atoms with Crippen molar-refractivity contribution >= 4 is 0 Å². The number of nitriles is 1. The fourth-order valence-electron chi connectivity index (χ4n) is 6.64. The summed E-state index contributed by atoms with van der Waals surface area (Å²) >= 11 is 0. The Balaban J connectivity index is 1.44. The van der Waals surface area contributed by atoms with Crippen LogP contribution in [0.5, 0.6) is 5.75 Å².